The summed E-state index contributed by atoms with van der Waals surface area (Å²) in [6.45, 7) is 3.00. The Balaban J connectivity index is 1.98. The van der Waals surface area contributed by atoms with E-state index in [0.717, 1.165) is 16.0 Å². The minimum Gasteiger partial charge on any atom is -0.306 e. The highest BCUT2D eigenvalue weighted by Crippen LogP contribution is 2.23. The fraction of sp³-hybridized carbons (Fsp3) is 0.200. The largest absolute Gasteiger partial charge is 0.306 e. The van der Waals surface area contributed by atoms with Crippen molar-refractivity contribution in [3.63, 3.8) is 0 Å². The van der Waals surface area contributed by atoms with Crippen LogP contribution in [0.4, 0.5) is 0 Å². The van der Waals surface area contributed by atoms with E-state index < -0.39 is 0 Å². The molecular weight excluding hydrogens is 310 g/mol. The fourth-order valence-electron chi connectivity index (χ4n) is 1.81. The molecule has 3 heteroatoms. The average molecular weight is 325 g/mol. The lowest BCUT2D eigenvalue weighted by atomic mass is 10.1. The second-order valence-corrected chi connectivity index (χ2v) is 5.54. The van der Waals surface area contributed by atoms with Gasteiger partial charge in [-0.05, 0) is 36.2 Å². The predicted molar refractivity (Wildman–Crippen MR) is 80.8 cm³/mol. The number of hydrogen-bond donors (Lipinski definition) is 1. The Morgan fingerprint density at radius 2 is 1.78 bits per heavy atom. The quantitative estimate of drug-likeness (QED) is 0.838. The third-order valence-corrected chi connectivity index (χ3v) is 3.87. The highest BCUT2D eigenvalue weighted by atomic mass is 79.9. The normalized spacial score (nSPS) is 12.4. The first-order chi connectivity index (χ1) is 8.66. The molecule has 0 radical (unpaired) electrons. The highest BCUT2D eigenvalue weighted by molar-refractivity contribution is 9.10. The van der Waals surface area contributed by atoms with Gasteiger partial charge in [-0.3, -0.25) is 0 Å². The van der Waals surface area contributed by atoms with Gasteiger partial charge in [0.1, 0.15) is 0 Å². The highest BCUT2D eigenvalue weighted by Gasteiger charge is 2.07. The van der Waals surface area contributed by atoms with E-state index in [1.807, 2.05) is 30.3 Å². The van der Waals surface area contributed by atoms with Gasteiger partial charge in [-0.2, -0.15) is 0 Å². The minimum absolute atomic E-state index is 0.302. The molecule has 0 bridgehead atoms. The van der Waals surface area contributed by atoms with Crippen molar-refractivity contribution in [3.05, 3.63) is 69.2 Å². The van der Waals surface area contributed by atoms with Crippen molar-refractivity contribution in [2.75, 3.05) is 0 Å². The summed E-state index contributed by atoms with van der Waals surface area (Å²) < 4.78 is 1.14. The topological polar surface area (TPSA) is 12.0 Å². The molecule has 2 rings (SSSR count). The van der Waals surface area contributed by atoms with E-state index in [4.69, 9.17) is 11.6 Å². The van der Waals surface area contributed by atoms with E-state index in [-0.39, 0.29) is 0 Å². The molecule has 0 amide bonds. The molecule has 0 spiro atoms. The van der Waals surface area contributed by atoms with Crippen LogP contribution in [0.25, 0.3) is 0 Å². The molecule has 0 unspecified atom stereocenters. The molecule has 2 aromatic carbocycles. The van der Waals surface area contributed by atoms with Gasteiger partial charge in [0.15, 0.2) is 0 Å². The lowest BCUT2D eigenvalue weighted by molar-refractivity contribution is 0.573. The molecule has 94 valence electrons. The third kappa shape index (κ3) is 3.58. The van der Waals surface area contributed by atoms with Gasteiger partial charge < -0.3 is 5.32 Å². The molecule has 0 aromatic heterocycles. The van der Waals surface area contributed by atoms with Gasteiger partial charge in [0.05, 0.1) is 0 Å². The van der Waals surface area contributed by atoms with Crippen LogP contribution in [0.5, 0.6) is 0 Å². The van der Waals surface area contributed by atoms with Gasteiger partial charge in [-0.15, -0.1) is 0 Å². The van der Waals surface area contributed by atoms with Crippen molar-refractivity contribution in [3.8, 4) is 0 Å². The maximum absolute atomic E-state index is 5.86. The summed E-state index contributed by atoms with van der Waals surface area (Å²) in [5.74, 6) is 0. The third-order valence-electron chi connectivity index (χ3n) is 2.90. The van der Waals surface area contributed by atoms with E-state index in [9.17, 15) is 0 Å². The van der Waals surface area contributed by atoms with Crippen LogP contribution >= 0.6 is 27.5 Å². The van der Waals surface area contributed by atoms with Gasteiger partial charge in [-0.25, -0.2) is 0 Å². The van der Waals surface area contributed by atoms with Crippen LogP contribution in [-0.4, -0.2) is 0 Å². The molecule has 2 aromatic rings. The fourth-order valence-corrected chi connectivity index (χ4v) is 2.56. The summed E-state index contributed by atoms with van der Waals surface area (Å²) in [5.41, 5.74) is 2.50. The molecule has 0 aliphatic heterocycles. The Morgan fingerprint density at radius 1 is 1.11 bits per heavy atom. The number of halogens is 2. The summed E-state index contributed by atoms with van der Waals surface area (Å²) in [6.07, 6.45) is 0. The zero-order chi connectivity index (χ0) is 13.0. The van der Waals surface area contributed by atoms with Gasteiger partial charge in [-0.1, -0.05) is 57.9 Å². The van der Waals surface area contributed by atoms with E-state index in [2.05, 4.69) is 46.4 Å². The monoisotopic (exact) mass is 323 g/mol. The van der Waals surface area contributed by atoms with Crippen LogP contribution in [0.15, 0.2) is 53.0 Å². The maximum atomic E-state index is 5.86. The zero-order valence-corrected chi connectivity index (χ0v) is 12.5. The van der Waals surface area contributed by atoms with Gasteiger partial charge in [0, 0.05) is 22.1 Å². The molecule has 18 heavy (non-hydrogen) atoms. The van der Waals surface area contributed by atoms with Crippen LogP contribution in [0.2, 0.25) is 5.02 Å². The Morgan fingerprint density at radius 3 is 2.44 bits per heavy atom. The molecule has 1 N–H and O–H groups in total. The Kier molecular flexibility index (Phi) is 4.81. The molecule has 0 fully saturated rings. The summed E-state index contributed by atoms with van der Waals surface area (Å²) in [5, 5.41) is 4.28. The van der Waals surface area contributed by atoms with Crippen LogP contribution in [-0.2, 0) is 6.54 Å². The summed E-state index contributed by atoms with van der Waals surface area (Å²) in [6, 6.07) is 16.5. The first-order valence-corrected chi connectivity index (χ1v) is 7.06. The zero-order valence-electron chi connectivity index (χ0n) is 10.2. The van der Waals surface area contributed by atoms with E-state index >= 15 is 0 Å². The Hall–Kier alpha value is -0.830. The van der Waals surface area contributed by atoms with E-state index in [1.54, 1.807) is 0 Å². The summed E-state index contributed by atoms with van der Waals surface area (Å²) in [4.78, 5) is 0. The number of rotatable bonds is 4. The minimum atomic E-state index is 0.302. The van der Waals surface area contributed by atoms with Crippen LogP contribution in [0.1, 0.15) is 24.1 Å². The molecule has 0 saturated heterocycles. The molecular formula is C15H15BrClN. The van der Waals surface area contributed by atoms with Gasteiger partial charge in [0.25, 0.3) is 0 Å². The summed E-state index contributed by atoms with van der Waals surface area (Å²) in [7, 11) is 0. The van der Waals surface area contributed by atoms with Gasteiger partial charge >= 0.3 is 0 Å². The average Bonchev–Trinajstić information content (AvgIpc) is 2.38. The molecule has 1 atom stereocenters. The Bertz CT molecular complexity index is 510. The van der Waals surface area contributed by atoms with Crippen molar-refractivity contribution in [2.45, 2.75) is 19.5 Å². The van der Waals surface area contributed by atoms with Crippen molar-refractivity contribution in [2.24, 2.45) is 0 Å². The lowest BCUT2D eigenvalue weighted by Gasteiger charge is -2.15. The molecule has 0 aliphatic carbocycles. The molecule has 1 nitrogen and oxygen atoms in total. The maximum Gasteiger partial charge on any atom is 0.0406 e. The molecule has 0 heterocycles. The van der Waals surface area contributed by atoms with Crippen molar-refractivity contribution < 1.29 is 0 Å². The molecule has 0 aliphatic rings. The number of nitrogens with one attached hydrogen (secondary N) is 1. The molecule has 0 saturated carbocycles. The van der Waals surface area contributed by atoms with Crippen LogP contribution < -0.4 is 5.32 Å². The smallest absolute Gasteiger partial charge is 0.0406 e. The number of benzene rings is 2. The first kappa shape index (κ1) is 13.6. The standard InChI is InChI=1S/C15H15BrClN/c1-11(14-4-2-3-5-15(14)16)18-10-12-6-8-13(17)9-7-12/h2-9,11,18H,10H2,1H3/t11-/m1/s1. The SMILES string of the molecule is C[C@@H](NCc1ccc(Cl)cc1)c1ccccc1Br. The van der Waals surface area contributed by atoms with Crippen LogP contribution in [0.3, 0.4) is 0 Å². The number of hydrogen-bond acceptors (Lipinski definition) is 1. The van der Waals surface area contributed by atoms with Crippen LogP contribution in [0, 0.1) is 0 Å². The second kappa shape index (κ2) is 6.37. The second-order valence-electron chi connectivity index (χ2n) is 4.25. The van der Waals surface area contributed by atoms with Crippen molar-refractivity contribution >= 4 is 27.5 Å². The van der Waals surface area contributed by atoms with Crippen molar-refractivity contribution in [1.29, 1.82) is 0 Å². The van der Waals surface area contributed by atoms with E-state index in [1.165, 1.54) is 11.1 Å². The predicted octanol–water partition coefficient (Wildman–Crippen LogP) is 4.95. The Labute approximate surface area is 121 Å². The lowest BCUT2D eigenvalue weighted by Crippen LogP contribution is -2.18. The van der Waals surface area contributed by atoms with Crippen molar-refractivity contribution in [1.82, 2.24) is 5.32 Å². The van der Waals surface area contributed by atoms with Gasteiger partial charge in [0.2, 0.25) is 0 Å². The first-order valence-electron chi connectivity index (χ1n) is 5.89. The van der Waals surface area contributed by atoms with E-state index in [0.29, 0.717) is 6.04 Å². The summed E-state index contributed by atoms with van der Waals surface area (Å²) >= 11 is 9.44.